The van der Waals surface area contributed by atoms with E-state index < -0.39 is 0 Å². The molecule has 2 fully saturated rings. The number of benzene rings is 2. The number of hydrogen-bond acceptors (Lipinski definition) is 3. The lowest BCUT2D eigenvalue weighted by molar-refractivity contribution is 0.0915. The molecule has 0 saturated carbocycles. The number of likely N-dealkylation sites (tertiary alicyclic amines) is 1. The summed E-state index contributed by atoms with van der Waals surface area (Å²) in [5.74, 6) is 1.36. The molecule has 0 radical (unpaired) electrons. The fourth-order valence-electron chi connectivity index (χ4n) is 4.55. The van der Waals surface area contributed by atoms with Crippen molar-refractivity contribution >= 4 is 41.5 Å². The van der Waals surface area contributed by atoms with Crippen molar-refractivity contribution in [1.29, 1.82) is 0 Å². The number of nitrogens with one attached hydrogen (secondary N) is 2. The molecule has 7 heteroatoms. The largest absolute Gasteiger partial charge is 0.373 e. The molecule has 2 aliphatic heterocycles. The molecule has 2 N–H and O–H groups in total. The quantitative estimate of drug-likeness (QED) is 0.297. The Bertz CT molecular complexity index is 841. The fraction of sp³-hybridized carbons (Fsp3) is 0.480. The van der Waals surface area contributed by atoms with Crippen LogP contribution in [0, 0.1) is 5.92 Å². The van der Waals surface area contributed by atoms with Crippen molar-refractivity contribution in [2.24, 2.45) is 10.9 Å². The van der Waals surface area contributed by atoms with Gasteiger partial charge in [0.05, 0.1) is 6.10 Å². The van der Waals surface area contributed by atoms with E-state index in [1.54, 1.807) is 0 Å². The highest BCUT2D eigenvalue weighted by atomic mass is 127. The van der Waals surface area contributed by atoms with Gasteiger partial charge in [0.15, 0.2) is 5.96 Å². The van der Waals surface area contributed by atoms with Gasteiger partial charge in [-0.2, -0.15) is 0 Å². The summed E-state index contributed by atoms with van der Waals surface area (Å²) >= 11 is 6.00. The second-order valence-corrected chi connectivity index (χ2v) is 8.96. The maximum Gasteiger partial charge on any atom is 0.191 e. The van der Waals surface area contributed by atoms with Crippen molar-refractivity contribution in [1.82, 2.24) is 15.5 Å². The third-order valence-electron chi connectivity index (χ3n) is 6.35. The van der Waals surface area contributed by atoms with E-state index in [0.717, 1.165) is 63.0 Å². The van der Waals surface area contributed by atoms with Crippen LogP contribution in [-0.4, -0.2) is 50.2 Å². The van der Waals surface area contributed by atoms with Crippen molar-refractivity contribution < 1.29 is 4.74 Å². The van der Waals surface area contributed by atoms with Gasteiger partial charge in [-0.3, -0.25) is 9.89 Å². The van der Waals surface area contributed by atoms with Crippen LogP contribution in [0.1, 0.15) is 36.5 Å². The van der Waals surface area contributed by atoms with Crippen LogP contribution in [0.3, 0.4) is 0 Å². The molecule has 0 bridgehead atoms. The number of rotatable bonds is 6. The van der Waals surface area contributed by atoms with E-state index in [0.29, 0.717) is 12.0 Å². The van der Waals surface area contributed by atoms with Crippen molar-refractivity contribution in [3.63, 3.8) is 0 Å². The van der Waals surface area contributed by atoms with E-state index >= 15 is 0 Å². The molecular formula is C25H34ClIN4O. The molecule has 0 aliphatic carbocycles. The summed E-state index contributed by atoms with van der Waals surface area (Å²) in [5.41, 5.74) is 2.59. The zero-order valence-electron chi connectivity index (χ0n) is 18.7. The van der Waals surface area contributed by atoms with Crippen LogP contribution >= 0.6 is 35.6 Å². The van der Waals surface area contributed by atoms with E-state index in [4.69, 9.17) is 16.3 Å². The standard InChI is InChI=1S/C25H33ClN4O.HI/c1-27-25(28-17-21-13-16-31-24(21)20-5-3-2-4-6-20)29-23-11-14-30(15-12-23)18-19-7-9-22(26)10-8-19;/h2-10,21,23-24H,11-18H2,1H3,(H2,27,28,29);1H. The number of nitrogens with zero attached hydrogens (tertiary/aromatic N) is 2. The summed E-state index contributed by atoms with van der Waals surface area (Å²) in [5, 5.41) is 7.97. The van der Waals surface area contributed by atoms with Gasteiger partial charge in [0.1, 0.15) is 0 Å². The number of hydrogen-bond donors (Lipinski definition) is 2. The van der Waals surface area contributed by atoms with Crippen LogP contribution in [0.5, 0.6) is 0 Å². The first kappa shape index (κ1) is 25.3. The number of piperidine rings is 1. The average molecular weight is 569 g/mol. The van der Waals surface area contributed by atoms with E-state index in [1.165, 1.54) is 11.1 Å². The molecule has 2 aliphatic rings. The SMILES string of the molecule is CN=C(NCC1CCOC1c1ccccc1)NC1CCN(Cc2ccc(Cl)cc2)CC1.I. The van der Waals surface area contributed by atoms with Gasteiger partial charge in [0.25, 0.3) is 0 Å². The molecular weight excluding hydrogens is 535 g/mol. The summed E-state index contributed by atoms with van der Waals surface area (Å²) in [6.07, 6.45) is 3.48. The minimum Gasteiger partial charge on any atom is -0.373 e. The molecule has 2 aromatic rings. The lowest BCUT2D eigenvalue weighted by Crippen LogP contribution is -2.49. The molecule has 2 aromatic carbocycles. The molecule has 2 heterocycles. The molecule has 2 saturated heterocycles. The maximum absolute atomic E-state index is 6.02. The summed E-state index contributed by atoms with van der Waals surface area (Å²) < 4.78 is 6.02. The minimum atomic E-state index is 0. The van der Waals surface area contributed by atoms with E-state index in [-0.39, 0.29) is 30.1 Å². The van der Waals surface area contributed by atoms with Crippen molar-refractivity contribution in [2.45, 2.75) is 38.0 Å². The number of aliphatic imine (C=N–C) groups is 1. The summed E-state index contributed by atoms with van der Waals surface area (Å²) in [4.78, 5) is 6.98. The predicted molar refractivity (Wildman–Crippen MR) is 143 cm³/mol. The smallest absolute Gasteiger partial charge is 0.191 e. The van der Waals surface area contributed by atoms with E-state index in [9.17, 15) is 0 Å². The highest BCUT2D eigenvalue weighted by Gasteiger charge is 2.29. The van der Waals surface area contributed by atoms with Gasteiger partial charge >= 0.3 is 0 Å². The highest BCUT2D eigenvalue weighted by molar-refractivity contribution is 14.0. The maximum atomic E-state index is 6.02. The van der Waals surface area contributed by atoms with E-state index in [2.05, 4.69) is 63.0 Å². The number of halogens is 2. The Balaban J connectivity index is 0.00000289. The van der Waals surface area contributed by atoms with Crippen molar-refractivity contribution in [3.8, 4) is 0 Å². The average Bonchev–Trinajstić information content (AvgIpc) is 3.28. The number of ether oxygens (including phenoxy) is 1. The Hall–Kier alpha value is -1.35. The molecule has 2 unspecified atom stereocenters. The molecule has 5 nitrogen and oxygen atoms in total. The van der Waals surface area contributed by atoms with Crippen LogP contribution in [0.15, 0.2) is 59.6 Å². The van der Waals surface area contributed by atoms with Crippen molar-refractivity contribution in [2.75, 3.05) is 33.3 Å². The molecule has 0 spiro atoms. The van der Waals surface area contributed by atoms with Crippen molar-refractivity contribution in [3.05, 3.63) is 70.7 Å². The van der Waals surface area contributed by atoms with E-state index in [1.807, 2.05) is 19.2 Å². The van der Waals surface area contributed by atoms with Gasteiger partial charge in [0, 0.05) is 56.8 Å². The summed E-state index contributed by atoms with van der Waals surface area (Å²) in [6, 6.07) is 19.2. The third kappa shape index (κ3) is 7.07. The Morgan fingerprint density at radius 2 is 1.78 bits per heavy atom. The first-order chi connectivity index (χ1) is 15.2. The van der Waals surface area contributed by atoms with Crippen LogP contribution in [-0.2, 0) is 11.3 Å². The highest BCUT2D eigenvalue weighted by Crippen LogP contribution is 2.33. The van der Waals surface area contributed by atoms with Crippen LogP contribution in [0.25, 0.3) is 0 Å². The van der Waals surface area contributed by atoms with Gasteiger partial charge in [0.2, 0.25) is 0 Å². The Morgan fingerprint density at radius 3 is 2.47 bits per heavy atom. The number of guanidine groups is 1. The Kier molecular flexibility index (Phi) is 10.1. The lowest BCUT2D eigenvalue weighted by Gasteiger charge is -2.33. The Labute approximate surface area is 214 Å². The molecule has 4 rings (SSSR count). The molecule has 32 heavy (non-hydrogen) atoms. The zero-order valence-corrected chi connectivity index (χ0v) is 21.8. The minimum absolute atomic E-state index is 0. The van der Waals surface area contributed by atoms with Gasteiger partial charge in [-0.25, -0.2) is 0 Å². The molecule has 0 amide bonds. The zero-order chi connectivity index (χ0) is 21.5. The molecule has 0 aromatic heterocycles. The molecule has 2 atom stereocenters. The topological polar surface area (TPSA) is 48.9 Å². The lowest BCUT2D eigenvalue weighted by atomic mass is 9.95. The first-order valence-corrected chi connectivity index (χ1v) is 11.7. The summed E-state index contributed by atoms with van der Waals surface area (Å²) in [6.45, 7) is 4.85. The molecule has 174 valence electrons. The third-order valence-corrected chi connectivity index (χ3v) is 6.60. The second kappa shape index (κ2) is 12.8. The normalized spacial score (nSPS) is 22.4. The first-order valence-electron chi connectivity index (χ1n) is 11.3. The van der Waals surface area contributed by atoms with Gasteiger partial charge in [-0.1, -0.05) is 54.1 Å². The van der Waals surface area contributed by atoms with Crippen LogP contribution in [0.2, 0.25) is 5.02 Å². The fourth-order valence-corrected chi connectivity index (χ4v) is 4.68. The monoisotopic (exact) mass is 568 g/mol. The predicted octanol–water partition coefficient (Wildman–Crippen LogP) is 4.87. The summed E-state index contributed by atoms with van der Waals surface area (Å²) in [7, 11) is 1.85. The van der Waals surface area contributed by atoms with Gasteiger partial charge in [-0.15, -0.1) is 24.0 Å². The van der Waals surface area contributed by atoms with Gasteiger partial charge in [-0.05, 0) is 42.5 Å². The second-order valence-electron chi connectivity index (χ2n) is 8.53. The van der Waals surface area contributed by atoms with Crippen LogP contribution < -0.4 is 10.6 Å². The Morgan fingerprint density at radius 1 is 1.06 bits per heavy atom. The van der Waals surface area contributed by atoms with Crippen LogP contribution in [0.4, 0.5) is 0 Å². The van der Waals surface area contributed by atoms with Gasteiger partial charge < -0.3 is 15.4 Å².